The number of fused-ring (bicyclic) bond motifs is 4. The monoisotopic (exact) mass is 676 g/mol. The summed E-state index contributed by atoms with van der Waals surface area (Å²) in [6, 6.07) is 21.6. The third-order valence-corrected chi connectivity index (χ3v) is 11.9. The number of aryl methyl sites for hydroxylation is 2. The molecule has 50 heavy (non-hydrogen) atoms. The van der Waals surface area contributed by atoms with Gasteiger partial charge in [-0.15, -0.1) is 0 Å². The molecule has 8 rings (SSSR count). The number of benzene rings is 2. The highest BCUT2D eigenvalue weighted by molar-refractivity contribution is 5.83. The quantitative estimate of drug-likeness (QED) is 0.127. The van der Waals surface area contributed by atoms with Crippen LogP contribution in [-0.4, -0.2) is 76.4 Å². The minimum atomic E-state index is 0.194. The van der Waals surface area contributed by atoms with E-state index in [4.69, 9.17) is 10.1 Å². The number of amides is 1. The van der Waals surface area contributed by atoms with Crippen LogP contribution in [0.15, 0.2) is 60.7 Å². The van der Waals surface area contributed by atoms with Crippen molar-refractivity contribution in [2.24, 2.45) is 11.3 Å². The molecular formula is C42H56N6O2. The zero-order valence-electron chi connectivity index (χ0n) is 30.1. The second-order valence-corrected chi connectivity index (χ2v) is 15.3. The first-order chi connectivity index (χ1) is 24.5. The van der Waals surface area contributed by atoms with E-state index in [1.807, 2.05) is 10.6 Å². The molecule has 2 aromatic heterocycles. The fourth-order valence-corrected chi connectivity index (χ4v) is 8.87. The molecule has 4 fully saturated rings. The molecule has 3 saturated carbocycles. The molecule has 0 atom stereocenters. The molecule has 1 amide bonds. The second kappa shape index (κ2) is 16.1. The molecule has 2 N–H and O–H groups in total. The van der Waals surface area contributed by atoms with Crippen LogP contribution in [0.1, 0.15) is 88.3 Å². The van der Waals surface area contributed by atoms with Crippen molar-refractivity contribution in [3.05, 3.63) is 71.9 Å². The number of β-amino-alcohol motifs (C(OH)–C–C–N with tert-alkyl or cyclic N) is 1. The van der Waals surface area contributed by atoms with Crippen molar-refractivity contribution in [3.63, 3.8) is 0 Å². The number of aromatic nitrogens is 3. The molecule has 8 nitrogen and oxygen atoms in total. The van der Waals surface area contributed by atoms with Crippen LogP contribution < -0.4 is 10.2 Å². The number of hydrogen-bond donors (Lipinski definition) is 2. The van der Waals surface area contributed by atoms with Crippen molar-refractivity contribution in [2.75, 3.05) is 50.8 Å². The normalized spacial score (nSPS) is 20.8. The summed E-state index contributed by atoms with van der Waals surface area (Å²) in [6.45, 7) is 7.40. The number of rotatable bonds is 15. The first-order valence-electron chi connectivity index (χ1n) is 19.4. The summed E-state index contributed by atoms with van der Waals surface area (Å²) in [5.74, 6) is 2.30. The van der Waals surface area contributed by atoms with Crippen LogP contribution in [0.4, 0.5) is 5.82 Å². The summed E-state index contributed by atoms with van der Waals surface area (Å²) in [4.78, 5) is 22.7. The summed E-state index contributed by atoms with van der Waals surface area (Å²) in [6.07, 6.45) is 15.5. The SMILES string of the molecule is Cc1nn2c(N3CCN(CCO)CC3)cc(-c3cccc(CCCCCCCNC(=O)CC45CCC(CC4)CC5)c3)nc2c1-c1ccccc1. The smallest absolute Gasteiger partial charge is 0.220 e. The minimum Gasteiger partial charge on any atom is -0.395 e. The predicted molar refractivity (Wildman–Crippen MR) is 202 cm³/mol. The number of aliphatic hydroxyl groups excluding tert-OH is 1. The molecule has 8 heteroatoms. The van der Waals surface area contributed by atoms with Crippen molar-refractivity contribution in [1.29, 1.82) is 0 Å². The van der Waals surface area contributed by atoms with Gasteiger partial charge < -0.3 is 15.3 Å². The first-order valence-corrected chi connectivity index (χ1v) is 19.4. The van der Waals surface area contributed by atoms with E-state index >= 15 is 0 Å². The van der Waals surface area contributed by atoms with E-state index in [-0.39, 0.29) is 12.5 Å². The Hall–Kier alpha value is -3.75. The molecule has 4 aromatic rings. The molecule has 0 spiro atoms. The topological polar surface area (TPSA) is 86.0 Å². The summed E-state index contributed by atoms with van der Waals surface area (Å²) in [5.41, 5.74) is 7.86. The van der Waals surface area contributed by atoms with Crippen molar-refractivity contribution >= 4 is 17.4 Å². The zero-order chi connectivity index (χ0) is 34.3. The van der Waals surface area contributed by atoms with Gasteiger partial charge in [0.15, 0.2) is 5.65 Å². The van der Waals surface area contributed by atoms with Gasteiger partial charge in [0, 0.05) is 62.9 Å². The van der Waals surface area contributed by atoms with E-state index in [0.29, 0.717) is 5.41 Å². The number of carbonyl (C=O) groups is 1. The Morgan fingerprint density at radius 3 is 2.36 bits per heavy atom. The van der Waals surface area contributed by atoms with Gasteiger partial charge in [-0.25, -0.2) is 4.98 Å². The minimum absolute atomic E-state index is 0.194. The van der Waals surface area contributed by atoms with E-state index < -0.39 is 0 Å². The van der Waals surface area contributed by atoms with Crippen molar-refractivity contribution < 1.29 is 9.90 Å². The van der Waals surface area contributed by atoms with Crippen LogP contribution in [0.25, 0.3) is 28.0 Å². The Morgan fingerprint density at radius 1 is 0.880 bits per heavy atom. The first kappa shape index (κ1) is 34.7. The number of unbranched alkanes of at least 4 members (excludes halogenated alkanes) is 4. The van der Waals surface area contributed by atoms with Gasteiger partial charge in [0.1, 0.15) is 5.82 Å². The van der Waals surface area contributed by atoms with E-state index in [1.165, 1.54) is 63.4 Å². The van der Waals surface area contributed by atoms with Crippen molar-refractivity contribution in [1.82, 2.24) is 24.8 Å². The lowest BCUT2D eigenvalue weighted by Gasteiger charge is -2.46. The number of nitrogens with zero attached hydrogens (tertiary/aromatic N) is 5. The van der Waals surface area contributed by atoms with Gasteiger partial charge in [0.2, 0.25) is 5.91 Å². The van der Waals surface area contributed by atoms with Crippen LogP contribution in [0.3, 0.4) is 0 Å². The van der Waals surface area contributed by atoms with E-state index in [1.54, 1.807) is 0 Å². The maximum absolute atomic E-state index is 12.7. The predicted octanol–water partition coefficient (Wildman–Crippen LogP) is 7.46. The van der Waals surface area contributed by atoms with Gasteiger partial charge in [-0.05, 0) is 93.2 Å². The maximum Gasteiger partial charge on any atom is 0.220 e. The van der Waals surface area contributed by atoms with Crippen molar-refractivity contribution in [3.8, 4) is 22.4 Å². The molecule has 1 saturated heterocycles. The molecule has 2 bridgehead atoms. The Kier molecular flexibility index (Phi) is 11.1. The Bertz CT molecular complexity index is 1710. The van der Waals surface area contributed by atoms with Gasteiger partial charge >= 0.3 is 0 Å². The third-order valence-electron chi connectivity index (χ3n) is 11.9. The van der Waals surface area contributed by atoms with Crippen LogP contribution in [0.5, 0.6) is 0 Å². The number of carbonyl (C=O) groups excluding carboxylic acids is 1. The van der Waals surface area contributed by atoms with Crippen molar-refractivity contribution in [2.45, 2.75) is 90.4 Å². The van der Waals surface area contributed by atoms with Gasteiger partial charge in [-0.2, -0.15) is 9.61 Å². The van der Waals surface area contributed by atoms with Gasteiger partial charge in [0.05, 0.1) is 18.0 Å². The molecule has 266 valence electrons. The molecule has 0 unspecified atom stereocenters. The molecule has 0 radical (unpaired) electrons. The number of aliphatic hydroxyl groups is 1. The Morgan fingerprint density at radius 2 is 1.60 bits per heavy atom. The molecule has 3 heterocycles. The molecule has 3 aliphatic carbocycles. The Labute approximate surface area is 298 Å². The largest absolute Gasteiger partial charge is 0.395 e. The Balaban J connectivity index is 0.963. The second-order valence-electron chi connectivity index (χ2n) is 15.3. The van der Waals surface area contributed by atoms with E-state index in [9.17, 15) is 9.90 Å². The number of anilines is 1. The number of nitrogens with one attached hydrogen (secondary N) is 1. The number of piperazine rings is 1. The zero-order valence-corrected chi connectivity index (χ0v) is 30.1. The lowest BCUT2D eigenvalue weighted by atomic mass is 9.59. The lowest BCUT2D eigenvalue weighted by molar-refractivity contribution is -0.125. The number of hydrogen-bond acceptors (Lipinski definition) is 6. The van der Waals surface area contributed by atoms with Crippen LogP contribution in [0, 0.1) is 18.3 Å². The highest BCUT2D eigenvalue weighted by Crippen LogP contribution is 2.52. The highest BCUT2D eigenvalue weighted by atomic mass is 16.3. The highest BCUT2D eigenvalue weighted by Gasteiger charge is 2.41. The summed E-state index contributed by atoms with van der Waals surface area (Å²) in [5, 5.41) is 17.7. The van der Waals surface area contributed by atoms with Crippen LogP contribution in [0.2, 0.25) is 0 Å². The summed E-state index contributed by atoms with van der Waals surface area (Å²) >= 11 is 0. The standard InChI is InChI=1S/C42H56N6O2/c1-32-40(35-13-7-5-8-14-35)41-44-37(30-39(48(41)45-32)47-25-23-46(24-26-47)27-28-49)36-15-10-12-34(29-36)11-6-3-2-4-9-22-43-38(50)31-42-19-16-33(17-20-42)18-21-42/h5,7-8,10,12-15,29-30,33,49H,2-4,6,9,11,16-28,31H2,1H3,(H,43,50). The van der Waals surface area contributed by atoms with Crippen LogP contribution in [-0.2, 0) is 11.2 Å². The lowest BCUT2D eigenvalue weighted by Crippen LogP contribution is -2.47. The average Bonchev–Trinajstić information content (AvgIpc) is 3.49. The van der Waals surface area contributed by atoms with Crippen LogP contribution >= 0.6 is 0 Å². The molecule has 4 aliphatic rings. The average molecular weight is 677 g/mol. The fourth-order valence-electron chi connectivity index (χ4n) is 8.87. The summed E-state index contributed by atoms with van der Waals surface area (Å²) in [7, 11) is 0. The third kappa shape index (κ3) is 8.07. The fraction of sp³-hybridized carbons (Fsp3) is 0.548. The van der Waals surface area contributed by atoms with Gasteiger partial charge in [0.25, 0.3) is 0 Å². The van der Waals surface area contributed by atoms with E-state index in [0.717, 1.165) is 110 Å². The van der Waals surface area contributed by atoms with Gasteiger partial charge in [-0.3, -0.25) is 9.69 Å². The summed E-state index contributed by atoms with van der Waals surface area (Å²) < 4.78 is 2.04. The molecular weight excluding hydrogens is 621 g/mol. The van der Waals surface area contributed by atoms with Gasteiger partial charge in [-0.1, -0.05) is 67.8 Å². The molecule has 2 aromatic carbocycles. The van der Waals surface area contributed by atoms with E-state index in [2.05, 4.69) is 76.6 Å². The molecule has 1 aliphatic heterocycles. The maximum atomic E-state index is 12.7.